The Morgan fingerprint density at radius 2 is 1.95 bits per heavy atom. The number of para-hydroxylation sites is 1. The van der Waals surface area contributed by atoms with Crippen LogP contribution in [0, 0.1) is 0 Å². The van der Waals surface area contributed by atoms with E-state index in [9.17, 15) is 22.8 Å². The van der Waals surface area contributed by atoms with E-state index >= 15 is 0 Å². The minimum absolute atomic E-state index is 0.0864. The molecule has 4 rings (SSSR count). The third kappa shape index (κ3) is 6.09. The van der Waals surface area contributed by atoms with Crippen molar-refractivity contribution >= 4 is 17.8 Å². The van der Waals surface area contributed by atoms with Gasteiger partial charge in [0.15, 0.2) is 12.1 Å². The molecule has 0 bridgehead atoms. The van der Waals surface area contributed by atoms with Gasteiger partial charge < -0.3 is 20.5 Å². The van der Waals surface area contributed by atoms with Crippen molar-refractivity contribution < 1.29 is 32.2 Å². The Kier molecular flexibility index (Phi) is 8.72. The number of hydrogen-bond donors (Lipinski definition) is 2. The molecule has 11 heteroatoms. The van der Waals surface area contributed by atoms with Crippen molar-refractivity contribution in [3.8, 4) is 5.75 Å². The van der Waals surface area contributed by atoms with Crippen molar-refractivity contribution in [1.82, 2.24) is 10.2 Å². The number of halogens is 3. The van der Waals surface area contributed by atoms with Crippen LogP contribution in [0.4, 0.5) is 13.2 Å². The summed E-state index contributed by atoms with van der Waals surface area (Å²) in [5.74, 6) is -0.502. The van der Waals surface area contributed by atoms with Gasteiger partial charge in [-0.1, -0.05) is 44.2 Å². The molecule has 3 atom stereocenters. The number of ether oxygens (including phenoxy) is 2. The molecule has 2 heterocycles. The maximum absolute atomic E-state index is 13.5. The van der Waals surface area contributed by atoms with E-state index in [1.807, 2.05) is 13.8 Å². The second-order valence-corrected chi connectivity index (χ2v) is 10.2. The van der Waals surface area contributed by atoms with E-state index < -0.39 is 42.2 Å². The first-order valence-electron chi connectivity index (χ1n) is 13.4. The average Bonchev–Trinajstić information content (AvgIpc) is 2.93. The van der Waals surface area contributed by atoms with Crippen molar-refractivity contribution in [3.05, 3.63) is 65.2 Å². The van der Waals surface area contributed by atoms with Crippen LogP contribution in [0.1, 0.15) is 79.5 Å². The standard InChI is InChI=1S/C29H35F3N4O4/c1-4-28(5-2)17-25(37)36(27(33)35-28)22(13-14-39-3)18-9-8-10-19(15-18)26(38)34-21-16-24(29(30,31)32)40-23-12-7-6-11-20(21)23/h6-12,15,21-22,24H,4-5,13-14,16-17H2,1-3H3,(H2,33,35)(H,34,38)/t21-,22?,24+/m0/s1. The van der Waals surface area contributed by atoms with Crippen LogP contribution < -0.4 is 15.8 Å². The molecular formula is C29H35F3N4O4. The Morgan fingerprint density at radius 1 is 1.23 bits per heavy atom. The smallest absolute Gasteiger partial charge is 0.425 e. The van der Waals surface area contributed by atoms with Gasteiger partial charge in [0, 0.05) is 31.3 Å². The molecular weight excluding hydrogens is 525 g/mol. The average molecular weight is 561 g/mol. The lowest BCUT2D eigenvalue weighted by Gasteiger charge is -2.40. The molecule has 3 N–H and O–H groups in total. The van der Waals surface area contributed by atoms with Gasteiger partial charge in [-0.05, 0) is 43.0 Å². The van der Waals surface area contributed by atoms with Gasteiger partial charge in [0.25, 0.3) is 5.91 Å². The number of guanidine groups is 1. The quantitative estimate of drug-likeness (QED) is 0.446. The van der Waals surface area contributed by atoms with Gasteiger partial charge in [-0.15, -0.1) is 0 Å². The van der Waals surface area contributed by atoms with E-state index in [2.05, 4.69) is 5.32 Å². The number of rotatable bonds is 9. The zero-order valence-corrected chi connectivity index (χ0v) is 22.8. The fraction of sp³-hybridized carbons (Fsp3) is 0.483. The highest BCUT2D eigenvalue weighted by molar-refractivity contribution is 6.00. The fourth-order valence-electron chi connectivity index (χ4n) is 5.38. The fourth-order valence-corrected chi connectivity index (χ4v) is 5.38. The lowest BCUT2D eigenvalue weighted by Crippen LogP contribution is -2.52. The number of benzene rings is 2. The number of nitrogens with zero attached hydrogens (tertiary/aromatic N) is 2. The lowest BCUT2D eigenvalue weighted by molar-refractivity contribution is -0.201. The predicted molar refractivity (Wildman–Crippen MR) is 144 cm³/mol. The zero-order valence-electron chi connectivity index (χ0n) is 22.8. The lowest BCUT2D eigenvalue weighted by atomic mass is 9.87. The molecule has 0 aliphatic carbocycles. The molecule has 0 fully saturated rings. The van der Waals surface area contributed by atoms with Crippen LogP contribution in [0.15, 0.2) is 53.5 Å². The third-order valence-electron chi connectivity index (χ3n) is 7.79. The summed E-state index contributed by atoms with van der Waals surface area (Å²) in [6, 6.07) is 11.6. The topological polar surface area (TPSA) is 106 Å². The summed E-state index contributed by atoms with van der Waals surface area (Å²) in [7, 11) is 1.55. The number of alkyl halides is 3. The molecule has 8 nitrogen and oxygen atoms in total. The predicted octanol–water partition coefficient (Wildman–Crippen LogP) is 5.05. The molecule has 2 aliphatic rings. The summed E-state index contributed by atoms with van der Waals surface area (Å²) in [5.41, 5.74) is 7.16. The Hall–Kier alpha value is -3.60. The van der Waals surface area contributed by atoms with Crippen molar-refractivity contribution in [1.29, 1.82) is 0 Å². The molecule has 0 radical (unpaired) electrons. The van der Waals surface area contributed by atoms with Crippen LogP contribution in [0.3, 0.4) is 0 Å². The molecule has 0 aromatic heterocycles. The number of carbonyl (C=O) groups excluding carboxylic acids is 2. The molecule has 1 unspecified atom stereocenters. The molecule has 40 heavy (non-hydrogen) atoms. The number of hydrogen-bond acceptors (Lipinski definition) is 6. The van der Waals surface area contributed by atoms with Crippen LogP contribution in [-0.4, -0.2) is 54.2 Å². The monoisotopic (exact) mass is 560 g/mol. The van der Waals surface area contributed by atoms with Gasteiger partial charge >= 0.3 is 6.18 Å². The van der Waals surface area contributed by atoms with Gasteiger partial charge in [-0.2, -0.15) is 13.2 Å². The van der Waals surface area contributed by atoms with Gasteiger partial charge in [0.1, 0.15) is 5.75 Å². The van der Waals surface area contributed by atoms with Gasteiger partial charge in [0.05, 0.1) is 24.0 Å². The van der Waals surface area contributed by atoms with Gasteiger partial charge in [0.2, 0.25) is 5.91 Å². The largest absolute Gasteiger partial charge is 0.480 e. The molecule has 2 amide bonds. The van der Waals surface area contributed by atoms with Crippen molar-refractivity contribution in [2.75, 3.05) is 13.7 Å². The molecule has 2 aromatic carbocycles. The zero-order chi connectivity index (χ0) is 29.1. The minimum Gasteiger partial charge on any atom is -0.480 e. The Morgan fingerprint density at radius 3 is 2.60 bits per heavy atom. The van der Waals surface area contributed by atoms with Crippen LogP contribution >= 0.6 is 0 Å². The van der Waals surface area contributed by atoms with Crippen LogP contribution in [0.2, 0.25) is 0 Å². The van der Waals surface area contributed by atoms with Crippen molar-refractivity contribution in [2.45, 2.75) is 75.9 Å². The van der Waals surface area contributed by atoms with E-state index in [1.165, 1.54) is 11.0 Å². The second-order valence-electron chi connectivity index (χ2n) is 10.2. The summed E-state index contributed by atoms with van der Waals surface area (Å²) >= 11 is 0. The summed E-state index contributed by atoms with van der Waals surface area (Å²) < 4.78 is 51.1. The van der Waals surface area contributed by atoms with E-state index in [0.29, 0.717) is 37.0 Å². The third-order valence-corrected chi connectivity index (χ3v) is 7.79. The van der Waals surface area contributed by atoms with Crippen molar-refractivity contribution in [3.63, 3.8) is 0 Å². The maximum atomic E-state index is 13.5. The molecule has 2 aromatic rings. The Labute approximate surface area is 231 Å². The number of nitrogens with two attached hydrogens (primary N) is 1. The van der Waals surface area contributed by atoms with E-state index in [0.717, 1.165) is 0 Å². The molecule has 0 spiro atoms. The first kappa shape index (κ1) is 29.4. The Balaban J connectivity index is 1.62. The number of aliphatic imine (C=N–C) groups is 1. The highest BCUT2D eigenvalue weighted by atomic mass is 19.4. The van der Waals surface area contributed by atoms with E-state index in [-0.39, 0.29) is 29.6 Å². The molecule has 0 saturated heterocycles. The number of nitrogens with one attached hydrogen (secondary N) is 1. The first-order chi connectivity index (χ1) is 19.0. The molecule has 216 valence electrons. The SMILES string of the molecule is CCC1(CC)CC(=O)N(C(CCOC)c2cccc(C(=O)N[C@H]3C[C@H](C(F)(F)F)Oc4ccccc43)c2)C(N)=N1. The van der Waals surface area contributed by atoms with Gasteiger partial charge in [-0.25, -0.2) is 4.99 Å². The normalized spacial score (nSPS) is 21.2. The number of amides is 2. The number of carbonyl (C=O) groups is 2. The summed E-state index contributed by atoms with van der Waals surface area (Å²) in [6.07, 6.45) is -5.11. The highest BCUT2D eigenvalue weighted by Gasteiger charge is 2.46. The van der Waals surface area contributed by atoms with E-state index in [1.54, 1.807) is 49.6 Å². The van der Waals surface area contributed by atoms with Crippen LogP contribution in [-0.2, 0) is 9.53 Å². The molecule has 0 saturated carbocycles. The first-order valence-corrected chi connectivity index (χ1v) is 13.4. The van der Waals surface area contributed by atoms with Crippen molar-refractivity contribution in [2.24, 2.45) is 10.7 Å². The Bertz CT molecular complexity index is 1260. The molecule has 2 aliphatic heterocycles. The maximum Gasteiger partial charge on any atom is 0.425 e. The summed E-state index contributed by atoms with van der Waals surface area (Å²) in [5, 5.41) is 2.75. The number of fused-ring (bicyclic) bond motifs is 1. The highest BCUT2D eigenvalue weighted by Crippen LogP contribution is 2.40. The summed E-state index contributed by atoms with van der Waals surface area (Å²) in [6.45, 7) is 4.27. The summed E-state index contributed by atoms with van der Waals surface area (Å²) in [4.78, 5) is 32.9. The van der Waals surface area contributed by atoms with E-state index in [4.69, 9.17) is 20.2 Å². The van der Waals surface area contributed by atoms with Crippen LogP contribution in [0.5, 0.6) is 5.75 Å². The minimum atomic E-state index is -4.58. The van der Waals surface area contributed by atoms with Gasteiger partial charge in [-0.3, -0.25) is 14.5 Å². The second kappa shape index (κ2) is 11.9. The van der Waals surface area contributed by atoms with Crippen LogP contribution in [0.25, 0.3) is 0 Å². The number of methoxy groups -OCH3 is 1.